The molecular formula is C19H27N3O2S. The summed E-state index contributed by atoms with van der Waals surface area (Å²) in [5, 5.41) is 2.69. The molecule has 1 amide bonds. The van der Waals surface area contributed by atoms with Gasteiger partial charge in [-0.1, -0.05) is 13.8 Å². The highest BCUT2D eigenvalue weighted by Crippen LogP contribution is 2.32. The third-order valence-electron chi connectivity index (χ3n) is 4.22. The summed E-state index contributed by atoms with van der Waals surface area (Å²) < 4.78 is 7.72. The Bertz CT molecular complexity index is 805. The molecule has 0 fully saturated rings. The van der Waals surface area contributed by atoms with E-state index < -0.39 is 5.60 Å². The fourth-order valence-electron chi connectivity index (χ4n) is 3.20. The summed E-state index contributed by atoms with van der Waals surface area (Å²) in [6.07, 6.45) is 0.587. The summed E-state index contributed by atoms with van der Waals surface area (Å²) in [4.78, 5) is 19.1. The Morgan fingerprint density at radius 1 is 1.32 bits per heavy atom. The highest BCUT2D eigenvalue weighted by atomic mass is 32.2. The van der Waals surface area contributed by atoms with E-state index in [1.165, 1.54) is 11.3 Å². The second kappa shape index (κ2) is 6.56. The number of nitrogens with zero attached hydrogens (tertiary/aromatic N) is 3. The van der Waals surface area contributed by atoms with Gasteiger partial charge in [-0.25, -0.2) is 9.78 Å². The van der Waals surface area contributed by atoms with Gasteiger partial charge in [0, 0.05) is 41.9 Å². The Hall–Kier alpha value is -1.69. The molecule has 5 nitrogen and oxygen atoms in total. The third-order valence-corrected chi connectivity index (χ3v) is 5.16. The summed E-state index contributed by atoms with van der Waals surface area (Å²) in [5.41, 5.74) is 3.00. The molecule has 0 spiro atoms. The van der Waals surface area contributed by atoms with E-state index in [9.17, 15) is 4.79 Å². The van der Waals surface area contributed by atoms with Crippen LogP contribution in [-0.2, 0) is 24.8 Å². The summed E-state index contributed by atoms with van der Waals surface area (Å²) >= 11 is 1.77. The monoisotopic (exact) mass is 361 g/mol. The molecule has 3 heterocycles. The average Bonchev–Trinajstić information content (AvgIpc) is 2.77. The smallest absolute Gasteiger partial charge is 0.410 e. The number of pyridine rings is 1. The average molecular weight is 362 g/mol. The number of thioether (sulfide) groups is 1. The molecule has 2 aromatic rings. The number of rotatable bonds is 2. The molecule has 0 N–H and O–H groups in total. The summed E-state index contributed by atoms with van der Waals surface area (Å²) in [5.74, 6) is 0. The van der Waals surface area contributed by atoms with Crippen LogP contribution in [0, 0.1) is 0 Å². The fourth-order valence-corrected chi connectivity index (χ4v) is 3.97. The van der Waals surface area contributed by atoms with E-state index in [0.29, 0.717) is 18.3 Å². The number of amides is 1. The molecule has 25 heavy (non-hydrogen) atoms. The van der Waals surface area contributed by atoms with E-state index in [0.717, 1.165) is 22.5 Å². The second-order valence-corrected chi connectivity index (χ2v) is 9.42. The van der Waals surface area contributed by atoms with Crippen molar-refractivity contribution in [2.24, 2.45) is 7.05 Å². The SMILES string of the molecule is CC(C)Sc1ccc2c3c(n(C)c2n1)CCN(C(=O)OC(C)(C)C)C3. The number of hydrogen-bond acceptors (Lipinski definition) is 4. The maximum atomic E-state index is 12.4. The maximum Gasteiger partial charge on any atom is 0.410 e. The summed E-state index contributed by atoms with van der Waals surface area (Å²) in [7, 11) is 2.07. The molecular weight excluding hydrogens is 334 g/mol. The molecule has 136 valence electrons. The first-order valence-electron chi connectivity index (χ1n) is 8.77. The number of ether oxygens (including phenoxy) is 1. The Morgan fingerprint density at radius 3 is 2.68 bits per heavy atom. The molecule has 2 aromatic heterocycles. The minimum atomic E-state index is -0.472. The Morgan fingerprint density at radius 2 is 2.04 bits per heavy atom. The highest BCUT2D eigenvalue weighted by molar-refractivity contribution is 7.99. The van der Waals surface area contributed by atoms with Gasteiger partial charge in [-0.15, -0.1) is 11.8 Å². The van der Waals surface area contributed by atoms with E-state index >= 15 is 0 Å². The zero-order chi connectivity index (χ0) is 18.4. The quantitative estimate of drug-likeness (QED) is 0.745. The minimum absolute atomic E-state index is 0.241. The molecule has 0 aromatic carbocycles. The lowest BCUT2D eigenvalue weighted by atomic mass is 10.1. The van der Waals surface area contributed by atoms with Gasteiger partial charge in [0.25, 0.3) is 0 Å². The van der Waals surface area contributed by atoms with Crippen molar-refractivity contribution in [1.82, 2.24) is 14.5 Å². The zero-order valence-electron chi connectivity index (χ0n) is 15.9. The highest BCUT2D eigenvalue weighted by Gasteiger charge is 2.29. The first-order chi connectivity index (χ1) is 11.7. The maximum absolute atomic E-state index is 12.4. The van der Waals surface area contributed by atoms with E-state index in [1.54, 1.807) is 16.7 Å². The van der Waals surface area contributed by atoms with Crippen LogP contribution in [0.2, 0.25) is 0 Å². The van der Waals surface area contributed by atoms with E-state index in [4.69, 9.17) is 9.72 Å². The first-order valence-corrected chi connectivity index (χ1v) is 9.65. The number of aromatic nitrogens is 2. The van der Waals surface area contributed by atoms with Crippen LogP contribution in [-0.4, -0.2) is 37.9 Å². The van der Waals surface area contributed by atoms with Crippen molar-refractivity contribution < 1.29 is 9.53 Å². The van der Waals surface area contributed by atoms with Gasteiger partial charge >= 0.3 is 6.09 Å². The number of hydrogen-bond donors (Lipinski definition) is 0. The van der Waals surface area contributed by atoms with Crippen LogP contribution >= 0.6 is 11.8 Å². The Balaban J connectivity index is 1.91. The number of aryl methyl sites for hydroxylation is 1. The molecule has 0 saturated carbocycles. The molecule has 0 aliphatic carbocycles. The predicted octanol–water partition coefficient (Wildman–Crippen LogP) is 4.37. The van der Waals surface area contributed by atoms with Crippen molar-refractivity contribution in [2.75, 3.05) is 6.54 Å². The fraction of sp³-hybridized carbons (Fsp3) is 0.579. The van der Waals surface area contributed by atoms with E-state index in [1.807, 2.05) is 20.8 Å². The van der Waals surface area contributed by atoms with Gasteiger partial charge in [0.05, 0.1) is 11.6 Å². The van der Waals surface area contributed by atoms with Crippen molar-refractivity contribution in [3.8, 4) is 0 Å². The normalized spacial score (nSPS) is 14.9. The van der Waals surface area contributed by atoms with Crippen LogP contribution in [0.1, 0.15) is 45.9 Å². The van der Waals surface area contributed by atoms with Crippen LogP contribution in [0.3, 0.4) is 0 Å². The largest absolute Gasteiger partial charge is 0.444 e. The van der Waals surface area contributed by atoms with Crippen molar-refractivity contribution in [1.29, 1.82) is 0 Å². The van der Waals surface area contributed by atoms with E-state index in [-0.39, 0.29) is 6.09 Å². The minimum Gasteiger partial charge on any atom is -0.444 e. The van der Waals surface area contributed by atoms with Crippen molar-refractivity contribution in [2.45, 2.75) is 63.5 Å². The van der Waals surface area contributed by atoms with Gasteiger partial charge in [0.1, 0.15) is 11.2 Å². The van der Waals surface area contributed by atoms with Crippen LogP contribution in [0.5, 0.6) is 0 Å². The lowest BCUT2D eigenvalue weighted by Gasteiger charge is -2.30. The molecule has 0 atom stereocenters. The summed E-state index contributed by atoms with van der Waals surface area (Å²) in [6, 6.07) is 4.23. The predicted molar refractivity (Wildman–Crippen MR) is 102 cm³/mol. The number of carbonyl (C=O) groups is 1. The van der Waals surface area contributed by atoms with Crippen LogP contribution in [0.4, 0.5) is 4.79 Å². The molecule has 0 bridgehead atoms. The first kappa shape index (κ1) is 18.1. The second-order valence-electron chi connectivity index (χ2n) is 7.82. The van der Waals surface area contributed by atoms with Crippen LogP contribution in [0.15, 0.2) is 17.2 Å². The molecule has 1 aliphatic heterocycles. The van der Waals surface area contributed by atoms with E-state index in [2.05, 4.69) is 37.6 Å². The van der Waals surface area contributed by atoms with Gasteiger partial charge in [-0.2, -0.15) is 0 Å². The van der Waals surface area contributed by atoms with Crippen LogP contribution < -0.4 is 0 Å². The summed E-state index contributed by atoms with van der Waals surface area (Å²) in [6.45, 7) is 11.3. The molecule has 0 unspecified atom stereocenters. The lowest BCUT2D eigenvalue weighted by Crippen LogP contribution is -2.40. The van der Waals surface area contributed by atoms with Crippen molar-refractivity contribution in [3.05, 3.63) is 23.4 Å². The van der Waals surface area contributed by atoms with Gasteiger partial charge in [0.15, 0.2) is 0 Å². The van der Waals surface area contributed by atoms with Gasteiger partial charge in [-0.05, 0) is 32.9 Å². The zero-order valence-corrected chi connectivity index (χ0v) is 16.7. The van der Waals surface area contributed by atoms with Gasteiger partial charge in [-0.3, -0.25) is 0 Å². The van der Waals surface area contributed by atoms with Gasteiger partial charge < -0.3 is 14.2 Å². The van der Waals surface area contributed by atoms with Crippen molar-refractivity contribution >= 4 is 28.9 Å². The van der Waals surface area contributed by atoms with Crippen LogP contribution in [0.25, 0.3) is 11.0 Å². The number of carbonyl (C=O) groups excluding carboxylic acids is 1. The topological polar surface area (TPSA) is 47.4 Å². The third kappa shape index (κ3) is 3.78. The lowest BCUT2D eigenvalue weighted by molar-refractivity contribution is 0.0223. The molecule has 3 rings (SSSR count). The molecule has 1 aliphatic rings. The Kier molecular flexibility index (Phi) is 4.75. The Labute approximate surface area is 153 Å². The number of fused-ring (bicyclic) bond motifs is 3. The molecule has 0 saturated heterocycles. The van der Waals surface area contributed by atoms with Crippen molar-refractivity contribution in [3.63, 3.8) is 0 Å². The van der Waals surface area contributed by atoms with Gasteiger partial charge in [0.2, 0.25) is 0 Å². The molecule has 6 heteroatoms. The standard InChI is InChI=1S/C19H27N3O2S/c1-12(2)25-16-8-7-13-14-11-22(18(23)24-19(3,4)5)10-9-15(14)21(6)17(13)20-16/h7-8,12H,9-11H2,1-6H3. The molecule has 0 radical (unpaired) electrons.